The van der Waals surface area contributed by atoms with E-state index in [1.165, 1.54) is 11.1 Å². The summed E-state index contributed by atoms with van der Waals surface area (Å²) in [5.74, 6) is 0.836. The molecule has 0 amide bonds. The van der Waals surface area contributed by atoms with Gasteiger partial charge in [0.15, 0.2) is 5.96 Å². The first kappa shape index (κ1) is 22.2. The van der Waals surface area contributed by atoms with Crippen LogP contribution in [0.5, 0.6) is 0 Å². The molecule has 1 fully saturated rings. The number of benzene rings is 1. The van der Waals surface area contributed by atoms with E-state index < -0.39 is 0 Å². The SMILES string of the molecule is CCN(CC)Cc1ccccc1CNC(=NC)NCC1CCCO1.I. The molecule has 1 unspecified atom stereocenters. The number of halogens is 1. The largest absolute Gasteiger partial charge is 0.376 e. The molecule has 1 aromatic rings. The quantitative estimate of drug-likeness (QED) is 0.356. The van der Waals surface area contributed by atoms with Crippen molar-refractivity contribution in [1.29, 1.82) is 0 Å². The highest BCUT2D eigenvalue weighted by Gasteiger charge is 2.15. The highest BCUT2D eigenvalue weighted by Crippen LogP contribution is 2.12. The van der Waals surface area contributed by atoms with Crippen molar-refractivity contribution in [3.63, 3.8) is 0 Å². The number of nitrogens with one attached hydrogen (secondary N) is 2. The van der Waals surface area contributed by atoms with Gasteiger partial charge >= 0.3 is 0 Å². The Morgan fingerprint density at radius 1 is 1.20 bits per heavy atom. The zero-order valence-electron chi connectivity index (χ0n) is 15.8. The van der Waals surface area contributed by atoms with Crippen molar-refractivity contribution in [3.05, 3.63) is 35.4 Å². The first-order valence-electron chi connectivity index (χ1n) is 9.12. The van der Waals surface area contributed by atoms with Gasteiger partial charge in [-0.1, -0.05) is 38.1 Å². The maximum absolute atomic E-state index is 5.65. The van der Waals surface area contributed by atoms with Crippen molar-refractivity contribution in [2.24, 2.45) is 4.99 Å². The highest BCUT2D eigenvalue weighted by atomic mass is 127. The minimum atomic E-state index is 0. The molecule has 6 heteroatoms. The minimum Gasteiger partial charge on any atom is -0.376 e. The Labute approximate surface area is 169 Å². The van der Waals surface area contributed by atoms with Gasteiger partial charge in [-0.15, -0.1) is 24.0 Å². The van der Waals surface area contributed by atoms with Crippen molar-refractivity contribution in [1.82, 2.24) is 15.5 Å². The average molecular weight is 460 g/mol. The van der Waals surface area contributed by atoms with Crippen LogP contribution >= 0.6 is 24.0 Å². The molecule has 0 aromatic heterocycles. The van der Waals surface area contributed by atoms with E-state index >= 15 is 0 Å². The fourth-order valence-corrected chi connectivity index (χ4v) is 2.99. The summed E-state index contributed by atoms with van der Waals surface area (Å²) in [7, 11) is 1.81. The number of rotatable bonds is 8. The van der Waals surface area contributed by atoms with Crippen LogP contribution in [0.25, 0.3) is 0 Å². The number of hydrogen-bond acceptors (Lipinski definition) is 3. The Morgan fingerprint density at radius 2 is 1.92 bits per heavy atom. The van der Waals surface area contributed by atoms with E-state index in [2.05, 4.69) is 58.6 Å². The predicted octanol–water partition coefficient (Wildman–Crippen LogP) is 2.99. The number of ether oxygens (including phenoxy) is 1. The summed E-state index contributed by atoms with van der Waals surface area (Å²) in [6.45, 7) is 10.0. The molecule has 1 aliphatic heterocycles. The Hall–Kier alpha value is -0.860. The summed E-state index contributed by atoms with van der Waals surface area (Å²) in [4.78, 5) is 6.75. The molecule has 2 rings (SSSR count). The lowest BCUT2D eigenvalue weighted by molar-refractivity contribution is 0.114. The van der Waals surface area contributed by atoms with Crippen LogP contribution in [0.15, 0.2) is 29.3 Å². The Kier molecular flexibility index (Phi) is 11.1. The van der Waals surface area contributed by atoms with Crippen molar-refractivity contribution < 1.29 is 4.74 Å². The lowest BCUT2D eigenvalue weighted by atomic mass is 10.1. The summed E-state index contributed by atoms with van der Waals surface area (Å²) in [6.07, 6.45) is 2.62. The minimum absolute atomic E-state index is 0. The van der Waals surface area contributed by atoms with Gasteiger partial charge in [-0.2, -0.15) is 0 Å². The van der Waals surface area contributed by atoms with Crippen LogP contribution in [-0.2, 0) is 17.8 Å². The summed E-state index contributed by atoms with van der Waals surface area (Å²) in [5.41, 5.74) is 2.70. The predicted molar refractivity (Wildman–Crippen MR) is 116 cm³/mol. The number of guanidine groups is 1. The third-order valence-corrected chi connectivity index (χ3v) is 4.60. The van der Waals surface area contributed by atoms with E-state index in [9.17, 15) is 0 Å². The average Bonchev–Trinajstić information content (AvgIpc) is 3.14. The second-order valence-corrected chi connectivity index (χ2v) is 6.17. The molecule has 0 spiro atoms. The van der Waals surface area contributed by atoms with Gasteiger partial charge in [0.1, 0.15) is 0 Å². The first-order valence-corrected chi connectivity index (χ1v) is 9.12. The molecular formula is C19H33IN4O. The summed E-state index contributed by atoms with van der Waals surface area (Å²) < 4.78 is 5.65. The fourth-order valence-electron chi connectivity index (χ4n) is 2.99. The van der Waals surface area contributed by atoms with Gasteiger partial charge in [-0.3, -0.25) is 9.89 Å². The van der Waals surface area contributed by atoms with Crippen LogP contribution in [0.2, 0.25) is 0 Å². The van der Waals surface area contributed by atoms with Gasteiger partial charge in [0.25, 0.3) is 0 Å². The lowest BCUT2D eigenvalue weighted by Crippen LogP contribution is -2.40. The topological polar surface area (TPSA) is 48.9 Å². The molecule has 142 valence electrons. The van der Waals surface area contributed by atoms with Crippen LogP contribution in [-0.4, -0.2) is 50.3 Å². The van der Waals surface area contributed by atoms with Gasteiger partial charge in [0.2, 0.25) is 0 Å². The van der Waals surface area contributed by atoms with Gasteiger partial charge in [-0.05, 0) is 37.1 Å². The van der Waals surface area contributed by atoms with Crippen molar-refractivity contribution in [3.8, 4) is 0 Å². The molecule has 1 aliphatic rings. The maximum Gasteiger partial charge on any atom is 0.191 e. The van der Waals surface area contributed by atoms with Crippen LogP contribution in [0.4, 0.5) is 0 Å². The van der Waals surface area contributed by atoms with E-state index in [0.717, 1.165) is 58.1 Å². The molecule has 0 aliphatic carbocycles. The summed E-state index contributed by atoms with van der Waals surface area (Å²) in [5, 5.41) is 6.79. The molecule has 2 N–H and O–H groups in total. The molecular weight excluding hydrogens is 427 g/mol. The molecule has 5 nitrogen and oxygen atoms in total. The molecule has 1 saturated heterocycles. The zero-order chi connectivity index (χ0) is 17.2. The molecule has 25 heavy (non-hydrogen) atoms. The van der Waals surface area contributed by atoms with Crippen LogP contribution in [0.1, 0.15) is 37.8 Å². The molecule has 0 saturated carbocycles. The Balaban J connectivity index is 0.00000312. The van der Waals surface area contributed by atoms with Crippen molar-refractivity contribution >= 4 is 29.9 Å². The van der Waals surface area contributed by atoms with Gasteiger partial charge < -0.3 is 15.4 Å². The lowest BCUT2D eigenvalue weighted by Gasteiger charge is -2.21. The summed E-state index contributed by atoms with van der Waals surface area (Å²) in [6, 6.07) is 8.63. The van der Waals surface area contributed by atoms with Gasteiger partial charge in [0.05, 0.1) is 6.10 Å². The van der Waals surface area contributed by atoms with E-state index in [0.29, 0.717) is 6.10 Å². The van der Waals surface area contributed by atoms with Crippen LogP contribution < -0.4 is 10.6 Å². The fraction of sp³-hybridized carbons (Fsp3) is 0.632. The first-order chi connectivity index (χ1) is 11.8. The van der Waals surface area contributed by atoms with Gasteiger partial charge in [0, 0.05) is 33.3 Å². The monoisotopic (exact) mass is 460 g/mol. The molecule has 1 aromatic carbocycles. The second-order valence-electron chi connectivity index (χ2n) is 6.17. The molecule has 1 heterocycles. The smallest absolute Gasteiger partial charge is 0.191 e. The molecule has 1 atom stereocenters. The van der Waals surface area contributed by atoms with Crippen molar-refractivity contribution in [2.75, 3.05) is 33.3 Å². The van der Waals surface area contributed by atoms with Gasteiger partial charge in [-0.25, -0.2) is 0 Å². The van der Waals surface area contributed by atoms with Crippen LogP contribution in [0, 0.1) is 0 Å². The molecule has 0 radical (unpaired) electrons. The normalized spacial score (nSPS) is 17.4. The number of nitrogens with zero attached hydrogens (tertiary/aromatic N) is 2. The van der Waals surface area contributed by atoms with E-state index in [4.69, 9.17) is 4.74 Å². The van der Waals surface area contributed by atoms with E-state index in [1.54, 1.807) is 0 Å². The Bertz CT molecular complexity index is 514. The Morgan fingerprint density at radius 3 is 2.52 bits per heavy atom. The second kappa shape index (κ2) is 12.5. The summed E-state index contributed by atoms with van der Waals surface area (Å²) >= 11 is 0. The van der Waals surface area contributed by atoms with E-state index in [-0.39, 0.29) is 24.0 Å². The van der Waals surface area contributed by atoms with Crippen molar-refractivity contribution in [2.45, 2.75) is 45.9 Å². The third-order valence-electron chi connectivity index (χ3n) is 4.60. The number of hydrogen-bond donors (Lipinski definition) is 2. The molecule has 0 bridgehead atoms. The zero-order valence-corrected chi connectivity index (χ0v) is 18.1. The number of aliphatic imine (C=N–C) groups is 1. The maximum atomic E-state index is 5.65. The third kappa shape index (κ3) is 7.50. The standard InChI is InChI=1S/C19H32N4O.HI/c1-4-23(5-2)15-17-10-7-6-9-16(17)13-21-19(20-3)22-14-18-11-8-12-24-18;/h6-7,9-10,18H,4-5,8,11-15H2,1-3H3,(H2,20,21,22);1H. The van der Waals surface area contributed by atoms with E-state index in [1.807, 2.05) is 7.05 Å². The highest BCUT2D eigenvalue weighted by molar-refractivity contribution is 14.0. The van der Waals surface area contributed by atoms with Crippen LogP contribution in [0.3, 0.4) is 0 Å².